The van der Waals surface area contributed by atoms with E-state index in [1.54, 1.807) is 43.6 Å². The average Bonchev–Trinajstić information content (AvgIpc) is 3.20. The van der Waals surface area contributed by atoms with Gasteiger partial charge < -0.3 is 11.1 Å². The highest BCUT2D eigenvalue weighted by Gasteiger charge is 2.18. The van der Waals surface area contributed by atoms with Crippen LogP contribution in [0.1, 0.15) is 29.0 Å². The number of carbonyl (C=O) groups is 2. The van der Waals surface area contributed by atoms with E-state index in [1.807, 2.05) is 6.07 Å². The quantitative estimate of drug-likeness (QED) is 0.607. The van der Waals surface area contributed by atoms with Gasteiger partial charge in [0.15, 0.2) is 5.13 Å². The van der Waals surface area contributed by atoms with Crippen LogP contribution in [0.2, 0.25) is 0 Å². The summed E-state index contributed by atoms with van der Waals surface area (Å²) >= 11 is 1.11. The zero-order valence-electron chi connectivity index (χ0n) is 15.4. The van der Waals surface area contributed by atoms with Gasteiger partial charge in [0.1, 0.15) is 10.9 Å². The van der Waals surface area contributed by atoms with Crippen LogP contribution in [0.25, 0.3) is 16.8 Å². The number of nitrogens with two attached hydrogens (primary N) is 1. The minimum atomic E-state index is -0.632. The monoisotopic (exact) mass is 404 g/mol. The van der Waals surface area contributed by atoms with Crippen molar-refractivity contribution in [2.24, 2.45) is 5.73 Å². The minimum absolute atomic E-state index is 0.130. The summed E-state index contributed by atoms with van der Waals surface area (Å²) in [6.07, 6.45) is 4.60. The van der Waals surface area contributed by atoms with Gasteiger partial charge in [0.05, 0.1) is 29.1 Å². The molecule has 0 fully saturated rings. The number of nitriles is 1. The number of primary amides is 1. The van der Waals surface area contributed by atoms with Gasteiger partial charge in [-0.3, -0.25) is 19.6 Å². The van der Waals surface area contributed by atoms with Crippen LogP contribution < -0.4 is 11.1 Å². The molecular weight excluding hydrogens is 388 g/mol. The second-order valence-corrected chi connectivity index (χ2v) is 7.13. The molecule has 3 N–H and O–H groups in total. The highest BCUT2D eigenvalue weighted by Crippen LogP contribution is 2.25. The summed E-state index contributed by atoms with van der Waals surface area (Å²) < 4.78 is 0. The lowest BCUT2D eigenvalue weighted by molar-refractivity contribution is -0.117. The molecule has 0 aliphatic rings. The third kappa shape index (κ3) is 4.51. The zero-order chi connectivity index (χ0) is 21.0. The number of hydrogen-bond donors (Lipinski definition) is 2. The van der Waals surface area contributed by atoms with Gasteiger partial charge in [0, 0.05) is 18.0 Å². The summed E-state index contributed by atoms with van der Waals surface area (Å²) in [6, 6.07) is 8.94. The maximum atomic E-state index is 12.5. The highest BCUT2D eigenvalue weighted by atomic mass is 32.1. The fourth-order valence-electron chi connectivity index (χ4n) is 2.47. The molecular formula is C20H16N6O2S. The predicted octanol–water partition coefficient (Wildman–Crippen LogP) is 2.71. The number of rotatable bonds is 6. The molecule has 2 amide bonds. The van der Waals surface area contributed by atoms with E-state index in [9.17, 15) is 9.59 Å². The first-order chi connectivity index (χ1) is 13.9. The van der Waals surface area contributed by atoms with Gasteiger partial charge in [0.2, 0.25) is 11.8 Å². The van der Waals surface area contributed by atoms with Gasteiger partial charge in [-0.2, -0.15) is 5.26 Å². The third-order valence-corrected chi connectivity index (χ3v) is 5.01. The molecule has 3 rings (SSSR count). The van der Waals surface area contributed by atoms with E-state index < -0.39 is 11.8 Å². The van der Waals surface area contributed by atoms with Crippen molar-refractivity contribution in [1.29, 1.82) is 5.26 Å². The number of nitrogens with zero attached hydrogens (tertiary/aromatic N) is 4. The summed E-state index contributed by atoms with van der Waals surface area (Å²) in [4.78, 5) is 36.7. The Morgan fingerprint density at radius 2 is 2.03 bits per heavy atom. The predicted molar refractivity (Wildman–Crippen MR) is 110 cm³/mol. The van der Waals surface area contributed by atoms with Crippen molar-refractivity contribution in [2.75, 3.05) is 5.32 Å². The maximum Gasteiger partial charge on any atom is 0.250 e. The van der Waals surface area contributed by atoms with Gasteiger partial charge in [-0.15, -0.1) is 0 Å². The second-order valence-electron chi connectivity index (χ2n) is 6.10. The maximum absolute atomic E-state index is 12.5. The molecule has 0 saturated heterocycles. The van der Waals surface area contributed by atoms with E-state index in [0.29, 0.717) is 21.4 Å². The SMILES string of the molecule is C=C(C(N)=O)c1ccc(-c2cc(C(C)C(=O)Nc3ncc(C#N)s3)ccn2)cn1. The normalized spacial score (nSPS) is 11.3. The summed E-state index contributed by atoms with van der Waals surface area (Å²) in [6.45, 7) is 5.38. The lowest BCUT2D eigenvalue weighted by Crippen LogP contribution is -2.18. The Morgan fingerprint density at radius 1 is 1.24 bits per heavy atom. The third-order valence-electron chi connectivity index (χ3n) is 4.19. The van der Waals surface area contributed by atoms with Crippen LogP contribution in [-0.2, 0) is 9.59 Å². The number of carbonyl (C=O) groups excluding carboxylic acids is 2. The van der Waals surface area contributed by atoms with Gasteiger partial charge in [-0.25, -0.2) is 4.98 Å². The Labute approximate surface area is 170 Å². The van der Waals surface area contributed by atoms with Crippen molar-refractivity contribution < 1.29 is 9.59 Å². The van der Waals surface area contributed by atoms with Crippen molar-refractivity contribution in [3.63, 3.8) is 0 Å². The molecule has 1 unspecified atom stereocenters. The topological polar surface area (TPSA) is 135 Å². The van der Waals surface area contributed by atoms with Crippen molar-refractivity contribution in [1.82, 2.24) is 15.0 Å². The molecule has 9 heteroatoms. The highest BCUT2D eigenvalue weighted by molar-refractivity contribution is 7.16. The van der Waals surface area contributed by atoms with Crippen LogP contribution in [0.15, 0.2) is 49.4 Å². The van der Waals surface area contributed by atoms with Crippen LogP contribution >= 0.6 is 11.3 Å². The first-order valence-corrected chi connectivity index (χ1v) is 9.29. The average molecular weight is 404 g/mol. The number of aromatic nitrogens is 3. The fraction of sp³-hybridized carbons (Fsp3) is 0.100. The molecule has 0 bridgehead atoms. The minimum Gasteiger partial charge on any atom is -0.366 e. The smallest absolute Gasteiger partial charge is 0.250 e. The number of hydrogen-bond acceptors (Lipinski definition) is 7. The van der Waals surface area contributed by atoms with Crippen molar-refractivity contribution >= 4 is 33.9 Å². The Morgan fingerprint density at radius 3 is 2.66 bits per heavy atom. The standard InChI is InChI=1S/C20H16N6O2S/c1-11(19(28)26-20-25-10-15(8-21)29-20)13-5-6-23-17(7-13)14-3-4-16(24-9-14)12(2)18(22)27/h3-7,9-11H,2H2,1H3,(H2,22,27)(H,25,26,28). The summed E-state index contributed by atoms with van der Waals surface area (Å²) in [7, 11) is 0. The molecule has 0 aromatic carbocycles. The number of amides is 2. The Bertz CT molecular complexity index is 1130. The number of anilines is 1. The molecule has 0 aliphatic carbocycles. The molecule has 0 saturated carbocycles. The van der Waals surface area contributed by atoms with E-state index in [-0.39, 0.29) is 11.5 Å². The summed E-state index contributed by atoms with van der Waals surface area (Å²) in [5.74, 6) is -1.34. The van der Waals surface area contributed by atoms with Crippen molar-refractivity contribution in [3.8, 4) is 17.3 Å². The van der Waals surface area contributed by atoms with Crippen molar-refractivity contribution in [3.05, 3.63) is 65.6 Å². The van der Waals surface area contributed by atoms with E-state index >= 15 is 0 Å². The van der Waals surface area contributed by atoms with Crippen LogP contribution in [0, 0.1) is 11.3 Å². The number of nitrogens with one attached hydrogen (secondary N) is 1. The van der Waals surface area contributed by atoms with Gasteiger partial charge in [-0.05, 0) is 36.8 Å². The molecule has 3 heterocycles. The summed E-state index contributed by atoms with van der Waals surface area (Å²) in [5, 5.41) is 11.9. The van der Waals surface area contributed by atoms with Gasteiger partial charge in [0.25, 0.3) is 0 Å². The molecule has 3 aromatic heterocycles. The van der Waals surface area contributed by atoms with E-state index in [4.69, 9.17) is 11.0 Å². The molecule has 1 atom stereocenters. The lowest BCUT2D eigenvalue weighted by Gasteiger charge is -2.12. The molecule has 3 aromatic rings. The molecule has 0 radical (unpaired) electrons. The number of pyridine rings is 2. The van der Waals surface area contributed by atoms with Crippen LogP contribution in [0.3, 0.4) is 0 Å². The molecule has 29 heavy (non-hydrogen) atoms. The molecule has 0 spiro atoms. The van der Waals surface area contributed by atoms with Gasteiger partial charge >= 0.3 is 0 Å². The molecule has 8 nitrogen and oxygen atoms in total. The van der Waals surface area contributed by atoms with Crippen LogP contribution in [0.5, 0.6) is 0 Å². The molecule has 144 valence electrons. The van der Waals surface area contributed by atoms with E-state index in [0.717, 1.165) is 22.5 Å². The fourth-order valence-corrected chi connectivity index (χ4v) is 3.09. The Hall–Kier alpha value is -3.90. The first-order valence-electron chi connectivity index (χ1n) is 8.47. The second kappa shape index (κ2) is 8.41. The Balaban J connectivity index is 1.78. The largest absolute Gasteiger partial charge is 0.366 e. The molecule has 0 aliphatic heterocycles. The lowest BCUT2D eigenvalue weighted by atomic mass is 9.99. The first kappa shape index (κ1) is 19.9. The van der Waals surface area contributed by atoms with Crippen LogP contribution in [-0.4, -0.2) is 26.8 Å². The van der Waals surface area contributed by atoms with E-state index in [2.05, 4.69) is 26.8 Å². The van der Waals surface area contributed by atoms with E-state index in [1.165, 1.54) is 6.20 Å². The van der Waals surface area contributed by atoms with Crippen LogP contribution in [0.4, 0.5) is 5.13 Å². The number of thiazole rings is 1. The zero-order valence-corrected chi connectivity index (χ0v) is 16.2. The van der Waals surface area contributed by atoms with Crippen molar-refractivity contribution in [2.45, 2.75) is 12.8 Å². The van der Waals surface area contributed by atoms with Gasteiger partial charge in [-0.1, -0.05) is 17.9 Å². The Kier molecular flexibility index (Phi) is 5.76. The summed E-state index contributed by atoms with van der Waals surface area (Å²) in [5.41, 5.74) is 7.85.